The quantitative estimate of drug-likeness (QED) is 0.556. The van der Waals surface area contributed by atoms with E-state index in [9.17, 15) is 4.79 Å². The van der Waals surface area contributed by atoms with Crippen LogP contribution in [-0.2, 0) is 9.53 Å². The number of ether oxygens (including phenoxy) is 1. The molecule has 4 atom stereocenters. The summed E-state index contributed by atoms with van der Waals surface area (Å²) in [7, 11) is 0. The van der Waals surface area contributed by atoms with Gasteiger partial charge in [0.15, 0.2) is 0 Å². The lowest BCUT2D eigenvalue weighted by atomic mass is 9.75. The number of hydrogen-bond donors (Lipinski definition) is 0. The van der Waals surface area contributed by atoms with E-state index in [-0.39, 0.29) is 11.9 Å². The Bertz CT molecular complexity index is 380. The molecular formula is C14H19NO2. The first-order valence-corrected chi connectivity index (χ1v) is 6.23. The van der Waals surface area contributed by atoms with Crippen LogP contribution in [-0.4, -0.2) is 11.6 Å². The highest BCUT2D eigenvalue weighted by Gasteiger charge is 2.52. The molecule has 2 saturated carbocycles. The lowest BCUT2D eigenvalue weighted by Crippen LogP contribution is -2.40. The number of carbonyl (C=O) groups is 1. The van der Waals surface area contributed by atoms with Crippen molar-refractivity contribution in [3.8, 4) is 6.07 Å². The molecule has 2 fully saturated rings. The van der Waals surface area contributed by atoms with Crippen LogP contribution in [0.2, 0.25) is 0 Å². The normalized spacial score (nSPS) is 35.4. The Labute approximate surface area is 102 Å². The molecule has 0 aromatic heterocycles. The highest BCUT2D eigenvalue weighted by molar-refractivity contribution is 5.81. The highest BCUT2D eigenvalue weighted by atomic mass is 16.6. The van der Waals surface area contributed by atoms with Crippen molar-refractivity contribution in [2.75, 3.05) is 0 Å². The maximum absolute atomic E-state index is 11.3. The fourth-order valence-electron chi connectivity index (χ4n) is 3.66. The average molecular weight is 233 g/mol. The largest absolute Gasteiger partial charge is 0.456 e. The molecule has 0 aromatic carbocycles. The van der Waals surface area contributed by atoms with E-state index in [4.69, 9.17) is 10.00 Å². The summed E-state index contributed by atoms with van der Waals surface area (Å²) >= 11 is 0. The Kier molecular flexibility index (Phi) is 2.99. The molecule has 3 nitrogen and oxygen atoms in total. The molecule has 0 N–H and O–H groups in total. The lowest BCUT2D eigenvalue weighted by molar-refractivity contribution is -0.157. The average Bonchev–Trinajstić information content (AvgIpc) is 2.87. The summed E-state index contributed by atoms with van der Waals surface area (Å²) in [6.07, 6.45) is 4.33. The van der Waals surface area contributed by atoms with Crippen molar-refractivity contribution in [3.05, 3.63) is 12.7 Å². The van der Waals surface area contributed by atoms with E-state index in [2.05, 4.69) is 12.6 Å². The number of nitriles is 1. The Morgan fingerprint density at radius 2 is 2.12 bits per heavy atom. The van der Waals surface area contributed by atoms with Gasteiger partial charge in [-0.15, -0.1) is 0 Å². The van der Waals surface area contributed by atoms with Gasteiger partial charge in [0.25, 0.3) is 0 Å². The van der Waals surface area contributed by atoms with E-state index in [0.717, 1.165) is 19.3 Å². The fourth-order valence-corrected chi connectivity index (χ4v) is 3.66. The van der Waals surface area contributed by atoms with Crippen molar-refractivity contribution >= 4 is 5.97 Å². The zero-order valence-electron chi connectivity index (χ0n) is 10.5. The number of fused-ring (bicyclic) bond motifs is 2. The molecule has 0 heterocycles. The van der Waals surface area contributed by atoms with Gasteiger partial charge in [-0.05, 0) is 44.9 Å². The standard InChI is InChI=1S/C14H19NO2/c1-4-13(16)17-14(2,3)12-7-9-5-10(12)6-11(9)8-15/h4,9-12H,1,5-7H2,2-3H3. The maximum atomic E-state index is 11.3. The molecular weight excluding hydrogens is 214 g/mol. The number of carbonyl (C=O) groups excluding carboxylic acids is 1. The lowest BCUT2D eigenvalue weighted by Gasteiger charge is -2.37. The van der Waals surface area contributed by atoms with E-state index < -0.39 is 5.60 Å². The molecule has 2 aliphatic carbocycles. The van der Waals surface area contributed by atoms with Crippen LogP contribution in [0.3, 0.4) is 0 Å². The van der Waals surface area contributed by atoms with Crippen LogP contribution in [0.4, 0.5) is 0 Å². The number of hydrogen-bond acceptors (Lipinski definition) is 3. The van der Waals surface area contributed by atoms with Gasteiger partial charge in [-0.3, -0.25) is 0 Å². The second-order valence-corrected chi connectivity index (χ2v) is 5.80. The third-order valence-corrected chi connectivity index (χ3v) is 4.45. The van der Waals surface area contributed by atoms with Crippen molar-refractivity contribution in [1.29, 1.82) is 5.26 Å². The monoisotopic (exact) mass is 233 g/mol. The zero-order chi connectivity index (χ0) is 12.6. The minimum absolute atomic E-state index is 0.224. The smallest absolute Gasteiger partial charge is 0.330 e. The third kappa shape index (κ3) is 2.09. The second-order valence-electron chi connectivity index (χ2n) is 5.80. The van der Waals surface area contributed by atoms with Gasteiger partial charge in [0, 0.05) is 17.9 Å². The first kappa shape index (κ1) is 12.2. The summed E-state index contributed by atoms with van der Waals surface area (Å²) in [4.78, 5) is 11.3. The Balaban J connectivity index is 2.04. The number of rotatable bonds is 3. The molecule has 0 amide bonds. The van der Waals surface area contributed by atoms with Gasteiger partial charge in [-0.1, -0.05) is 6.58 Å². The summed E-state index contributed by atoms with van der Waals surface area (Å²) in [5.41, 5.74) is -0.439. The summed E-state index contributed by atoms with van der Waals surface area (Å²) in [6, 6.07) is 2.40. The predicted molar refractivity (Wildman–Crippen MR) is 63.8 cm³/mol. The van der Waals surface area contributed by atoms with Gasteiger partial charge in [0.1, 0.15) is 5.60 Å². The summed E-state index contributed by atoms with van der Waals surface area (Å²) in [5.74, 6) is 1.31. The molecule has 0 aromatic rings. The van der Waals surface area contributed by atoms with Crippen molar-refractivity contribution in [2.45, 2.75) is 38.7 Å². The molecule has 0 radical (unpaired) electrons. The molecule has 17 heavy (non-hydrogen) atoms. The number of nitrogens with zero attached hydrogens (tertiary/aromatic N) is 1. The van der Waals surface area contributed by atoms with Crippen molar-refractivity contribution in [1.82, 2.24) is 0 Å². The maximum Gasteiger partial charge on any atom is 0.330 e. The first-order chi connectivity index (χ1) is 7.97. The molecule has 2 bridgehead atoms. The molecule has 2 aliphatic rings. The molecule has 2 rings (SSSR count). The summed E-state index contributed by atoms with van der Waals surface area (Å²) < 4.78 is 5.45. The van der Waals surface area contributed by atoms with Gasteiger partial charge in [-0.2, -0.15) is 5.26 Å². The van der Waals surface area contributed by atoms with Crippen molar-refractivity contribution in [3.63, 3.8) is 0 Å². The molecule has 0 saturated heterocycles. The Morgan fingerprint density at radius 1 is 1.41 bits per heavy atom. The summed E-state index contributed by atoms with van der Waals surface area (Å²) in [6.45, 7) is 7.37. The molecule has 92 valence electrons. The minimum atomic E-state index is -0.439. The Hall–Kier alpha value is -1.30. The Morgan fingerprint density at radius 3 is 2.59 bits per heavy atom. The minimum Gasteiger partial charge on any atom is -0.456 e. The second kappa shape index (κ2) is 4.18. The SMILES string of the molecule is C=CC(=O)OC(C)(C)C1CC2CC1CC2C#N. The topological polar surface area (TPSA) is 50.1 Å². The van der Waals surface area contributed by atoms with Crippen LogP contribution >= 0.6 is 0 Å². The van der Waals surface area contributed by atoms with Crippen molar-refractivity contribution < 1.29 is 9.53 Å². The summed E-state index contributed by atoms with van der Waals surface area (Å²) in [5, 5.41) is 9.01. The van der Waals surface area contributed by atoms with Crippen LogP contribution in [0.15, 0.2) is 12.7 Å². The van der Waals surface area contributed by atoms with Crippen LogP contribution in [0.25, 0.3) is 0 Å². The molecule has 0 spiro atoms. The zero-order valence-corrected chi connectivity index (χ0v) is 10.5. The van der Waals surface area contributed by atoms with Crippen molar-refractivity contribution in [2.24, 2.45) is 23.7 Å². The van der Waals surface area contributed by atoms with E-state index in [1.807, 2.05) is 13.8 Å². The third-order valence-electron chi connectivity index (χ3n) is 4.45. The van der Waals surface area contributed by atoms with Crippen LogP contribution in [0, 0.1) is 35.0 Å². The van der Waals surface area contributed by atoms with Gasteiger partial charge in [0.05, 0.1) is 6.07 Å². The van der Waals surface area contributed by atoms with Crippen LogP contribution in [0.5, 0.6) is 0 Å². The van der Waals surface area contributed by atoms with E-state index in [1.54, 1.807) is 0 Å². The molecule has 3 heteroatoms. The van der Waals surface area contributed by atoms with Crippen LogP contribution < -0.4 is 0 Å². The molecule has 0 aliphatic heterocycles. The highest BCUT2D eigenvalue weighted by Crippen LogP contribution is 2.55. The van der Waals surface area contributed by atoms with Crippen LogP contribution in [0.1, 0.15) is 33.1 Å². The van der Waals surface area contributed by atoms with E-state index >= 15 is 0 Å². The van der Waals surface area contributed by atoms with Gasteiger partial charge < -0.3 is 4.74 Å². The fraction of sp³-hybridized carbons (Fsp3) is 0.714. The molecule has 4 unspecified atom stereocenters. The van der Waals surface area contributed by atoms with Gasteiger partial charge >= 0.3 is 5.97 Å². The number of esters is 1. The van der Waals surface area contributed by atoms with E-state index in [1.165, 1.54) is 6.08 Å². The first-order valence-electron chi connectivity index (χ1n) is 6.23. The van der Waals surface area contributed by atoms with Gasteiger partial charge in [0.2, 0.25) is 0 Å². The van der Waals surface area contributed by atoms with Gasteiger partial charge in [-0.25, -0.2) is 4.79 Å². The van der Waals surface area contributed by atoms with E-state index in [0.29, 0.717) is 17.8 Å². The predicted octanol–water partition coefficient (Wildman–Crippen LogP) is 2.68.